The lowest BCUT2D eigenvalue weighted by molar-refractivity contribution is -0.158. The monoisotopic (exact) mass is 234 g/mol. The molecule has 1 heterocycles. The van der Waals surface area contributed by atoms with E-state index >= 15 is 0 Å². The molecule has 1 atom stereocenters. The third-order valence-corrected chi connectivity index (χ3v) is 2.03. The zero-order valence-electron chi connectivity index (χ0n) is 9.01. The summed E-state index contributed by atoms with van der Waals surface area (Å²) in [6.45, 7) is 1.80. The average Bonchev–Trinajstić information content (AvgIpc) is 2.24. The summed E-state index contributed by atoms with van der Waals surface area (Å²) < 4.78 is 43.1. The lowest BCUT2D eigenvalue weighted by atomic mass is 10.1. The van der Waals surface area contributed by atoms with Crippen molar-refractivity contribution in [2.75, 3.05) is 13.7 Å². The van der Waals surface area contributed by atoms with Crippen molar-refractivity contribution in [1.82, 2.24) is 10.3 Å². The first kappa shape index (κ1) is 12.8. The molecule has 1 rings (SSSR count). The molecule has 0 spiro atoms. The quantitative estimate of drug-likeness (QED) is 0.868. The lowest BCUT2D eigenvalue weighted by Crippen LogP contribution is -2.35. The molecule has 0 amide bonds. The molecule has 1 aromatic heterocycles. The van der Waals surface area contributed by atoms with Crippen molar-refractivity contribution in [3.63, 3.8) is 0 Å². The van der Waals surface area contributed by atoms with E-state index in [1.807, 2.05) is 0 Å². The Labute approximate surface area is 91.6 Å². The molecule has 0 aliphatic carbocycles. The molecule has 6 heteroatoms. The molecule has 0 aliphatic rings. The predicted molar refractivity (Wildman–Crippen MR) is 53.3 cm³/mol. The minimum atomic E-state index is -4.39. The molecule has 1 aromatic rings. The topological polar surface area (TPSA) is 34.2 Å². The number of methoxy groups -OCH3 is 1. The second-order valence-electron chi connectivity index (χ2n) is 3.12. The number of nitrogens with zero attached hydrogens (tertiary/aromatic N) is 1. The maximum absolute atomic E-state index is 12.8. The maximum atomic E-state index is 12.8. The number of hydrogen-bond donors (Lipinski definition) is 1. The molecule has 1 unspecified atom stereocenters. The third kappa shape index (κ3) is 2.85. The molecule has 0 aliphatic heterocycles. The van der Waals surface area contributed by atoms with Gasteiger partial charge in [-0.2, -0.15) is 13.2 Å². The summed E-state index contributed by atoms with van der Waals surface area (Å²) in [5.41, 5.74) is -0.139. The van der Waals surface area contributed by atoms with E-state index in [-0.39, 0.29) is 18.0 Å². The molecular weight excluding hydrogens is 221 g/mol. The van der Waals surface area contributed by atoms with Crippen LogP contribution < -0.4 is 10.1 Å². The zero-order valence-corrected chi connectivity index (χ0v) is 9.01. The van der Waals surface area contributed by atoms with E-state index in [1.165, 1.54) is 25.4 Å². The number of hydrogen-bond acceptors (Lipinski definition) is 3. The van der Waals surface area contributed by atoms with Crippen LogP contribution in [0, 0.1) is 0 Å². The Morgan fingerprint density at radius 1 is 1.50 bits per heavy atom. The van der Waals surface area contributed by atoms with Crippen LogP contribution >= 0.6 is 0 Å². The van der Waals surface area contributed by atoms with Crippen LogP contribution in [0.15, 0.2) is 18.3 Å². The molecule has 0 bridgehead atoms. The highest BCUT2D eigenvalue weighted by atomic mass is 19.4. The minimum Gasteiger partial charge on any atom is -0.495 e. The first-order valence-corrected chi connectivity index (χ1v) is 4.79. The second kappa shape index (κ2) is 5.16. The van der Waals surface area contributed by atoms with Gasteiger partial charge < -0.3 is 10.1 Å². The van der Waals surface area contributed by atoms with Crippen molar-refractivity contribution in [2.45, 2.75) is 19.1 Å². The van der Waals surface area contributed by atoms with E-state index in [1.54, 1.807) is 6.92 Å². The first-order valence-electron chi connectivity index (χ1n) is 4.79. The van der Waals surface area contributed by atoms with Crippen molar-refractivity contribution >= 4 is 0 Å². The summed E-state index contributed by atoms with van der Waals surface area (Å²) in [4.78, 5) is 3.73. The molecule has 90 valence electrons. The lowest BCUT2D eigenvalue weighted by Gasteiger charge is -2.21. The Morgan fingerprint density at radius 2 is 2.19 bits per heavy atom. The van der Waals surface area contributed by atoms with Gasteiger partial charge in [0.2, 0.25) is 0 Å². The van der Waals surface area contributed by atoms with E-state index in [9.17, 15) is 13.2 Å². The Morgan fingerprint density at radius 3 is 2.69 bits per heavy atom. The van der Waals surface area contributed by atoms with Crippen LogP contribution in [0.5, 0.6) is 5.75 Å². The van der Waals surface area contributed by atoms with Crippen LogP contribution in [0.3, 0.4) is 0 Å². The van der Waals surface area contributed by atoms with Gasteiger partial charge in [-0.25, -0.2) is 0 Å². The van der Waals surface area contributed by atoms with Crippen LogP contribution in [-0.4, -0.2) is 24.8 Å². The zero-order chi connectivity index (χ0) is 12.2. The van der Waals surface area contributed by atoms with Crippen molar-refractivity contribution in [3.8, 4) is 5.75 Å². The van der Waals surface area contributed by atoms with Gasteiger partial charge in [-0.15, -0.1) is 0 Å². The van der Waals surface area contributed by atoms with Gasteiger partial charge in [-0.3, -0.25) is 4.98 Å². The van der Waals surface area contributed by atoms with Gasteiger partial charge in [-0.05, 0) is 18.7 Å². The number of pyridine rings is 1. The molecule has 0 saturated carbocycles. The number of aromatic nitrogens is 1. The Hall–Kier alpha value is -1.30. The fourth-order valence-electron chi connectivity index (χ4n) is 1.36. The maximum Gasteiger partial charge on any atom is 0.409 e. The molecule has 1 N–H and O–H groups in total. The average molecular weight is 234 g/mol. The highest BCUT2D eigenvalue weighted by Crippen LogP contribution is 2.35. The fraction of sp³-hybridized carbons (Fsp3) is 0.500. The van der Waals surface area contributed by atoms with Crippen LogP contribution in [0.4, 0.5) is 13.2 Å². The summed E-state index contributed by atoms with van der Waals surface area (Å²) in [6, 6.07) is 1.19. The standard InChI is InChI=1S/C10H13F3N2O/c1-3-14-9(10(11,12)13)8-7(16-2)5-4-6-15-8/h4-6,9,14H,3H2,1-2H3. The van der Waals surface area contributed by atoms with E-state index < -0.39 is 12.2 Å². The van der Waals surface area contributed by atoms with Crippen molar-refractivity contribution < 1.29 is 17.9 Å². The number of nitrogens with one attached hydrogen (secondary N) is 1. The van der Waals surface area contributed by atoms with Crippen LogP contribution in [0.25, 0.3) is 0 Å². The van der Waals surface area contributed by atoms with E-state index in [0.29, 0.717) is 0 Å². The summed E-state index contributed by atoms with van der Waals surface area (Å²) in [5, 5.41) is 2.35. The molecule has 0 radical (unpaired) electrons. The normalized spacial score (nSPS) is 13.6. The van der Waals surface area contributed by atoms with Crippen LogP contribution in [0.2, 0.25) is 0 Å². The predicted octanol–water partition coefficient (Wildman–Crippen LogP) is 2.30. The van der Waals surface area contributed by atoms with Crippen molar-refractivity contribution in [1.29, 1.82) is 0 Å². The van der Waals surface area contributed by atoms with E-state index in [2.05, 4.69) is 10.3 Å². The van der Waals surface area contributed by atoms with Gasteiger partial charge in [0.25, 0.3) is 0 Å². The minimum absolute atomic E-state index is 0.130. The molecule has 0 aromatic carbocycles. The smallest absolute Gasteiger partial charge is 0.409 e. The van der Waals surface area contributed by atoms with Gasteiger partial charge in [0.05, 0.1) is 7.11 Å². The summed E-state index contributed by atoms with van der Waals surface area (Å²) in [5.74, 6) is 0.130. The number of ether oxygens (including phenoxy) is 1. The summed E-state index contributed by atoms with van der Waals surface area (Å²) in [6.07, 6.45) is -3.08. The van der Waals surface area contributed by atoms with E-state index in [0.717, 1.165) is 0 Å². The number of rotatable bonds is 4. The van der Waals surface area contributed by atoms with E-state index in [4.69, 9.17) is 4.74 Å². The number of alkyl halides is 3. The van der Waals surface area contributed by atoms with Crippen molar-refractivity contribution in [3.05, 3.63) is 24.0 Å². The van der Waals surface area contributed by atoms with Crippen LogP contribution in [0.1, 0.15) is 18.7 Å². The number of halogens is 3. The van der Waals surface area contributed by atoms with Crippen LogP contribution in [-0.2, 0) is 0 Å². The highest BCUT2D eigenvalue weighted by molar-refractivity contribution is 5.30. The van der Waals surface area contributed by atoms with Gasteiger partial charge in [0.15, 0.2) is 6.04 Å². The van der Waals surface area contributed by atoms with Gasteiger partial charge in [-0.1, -0.05) is 6.92 Å². The SMILES string of the molecule is CCNC(c1ncccc1OC)C(F)(F)F. The Balaban J connectivity index is 3.10. The fourth-order valence-corrected chi connectivity index (χ4v) is 1.36. The highest BCUT2D eigenvalue weighted by Gasteiger charge is 2.42. The molecule has 3 nitrogen and oxygen atoms in total. The Bertz CT molecular complexity index is 341. The largest absolute Gasteiger partial charge is 0.495 e. The van der Waals surface area contributed by atoms with Gasteiger partial charge in [0.1, 0.15) is 11.4 Å². The second-order valence-corrected chi connectivity index (χ2v) is 3.12. The molecule has 0 saturated heterocycles. The third-order valence-electron chi connectivity index (χ3n) is 2.03. The molecular formula is C10H13F3N2O. The Kier molecular flexibility index (Phi) is 4.12. The first-order chi connectivity index (χ1) is 7.50. The molecule has 16 heavy (non-hydrogen) atoms. The van der Waals surface area contributed by atoms with Crippen molar-refractivity contribution in [2.24, 2.45) is 0 Å². The summed E-state index contributed by atoms with van der Waals surface area (Å²) in [7, 11) is 1.32. The van der Waals surface area contributed by atoms with Gasteiger partial charge in [0, 0.05) is 6.20 Å². The van der Waals surface area contributed by atoms with Gasteiger partial charge >= 0.3 is 6.18 Å². The molecule has 0 fully saturated rings. The summed E-state index contributed by atoms with van der Waals surface area (Å²) >= 11 is 0.